The molecule has 2 aromatic rings. The number of hydrogen-bond acceptors (Lipinski definition) is 0. The van der Waals surface area contributed by atoms with E-state index >= 15 is 0 Å². The lowest BCUT2D eigenvalue weighted by atomic mass is 9.77. The summed E-state index contributed by atoms with van der Waals surface area (Å²) >= 11 is 0. The van der Waals surface area contributed by atoms with E-state index in [0.29, 0.717) is 5.92 Å². The first-order valence-corrected chi connectivity index (χ1v) is 9.33. The molecule has 0 spiro atoms. The van der Waals surface area contributed by atoms with Gasteiger partial charge in [0.25, 0.3) is 0 Å². The number of rotatable bonds is 3. The summed E-state index contributed by atoms with van der Waals surface area (Å²) < 4.78 is 39.4. The summed E-state index contributed by atoms with van der Waals surface area (Å²) in [6.07, 6.45) is 7.70. The SMILES string of the molecule is CCCC1CCC(c2ccc(C#Cc3cc(F)c(F)c(F)c3)cc2)CC1. The lowest BCUT2D eigenvalue weighted by molar-refractivity contribution is 0.308. The summed E-state index contributed by atoms with van der Waals surface area (Å²) in [7, 11) is 0. The van der Waals surface area contributed by atoms with Crippen molar-refractivity contribution in [3.63, 3.8) is 0 Å². The summed E-state index contributed by atoms with van der Waals surface area (Å²) in [5.74, 6) is 3.18. The Morgan fingerprint density at radius 1 is 0.846 bits per heavy atom. The molecule has 0 heterocycles. The van der Waals surface area contributed by atoms with E-state index in [1.54, 1.807) is 0 Å². The minimum atomic E-state index is -1.46. The monoisotopic (exact) mass is 356 g/mol. The van der Waals surface area contributed by atoms with Gasteiger partial charge >= 0.3 is 0 Å². The zero-order valence-electron chi connectivity index (χ0n) is 15.0. The van der Waals surface area contributed by atoms with Gasteiger partial charge in [-0.3, -0.25) is 0 Å². The van der Waals surface area contributed by atoms with Gasteiger partial charge in [0.15, 0.2) is 17.5 Å². The molecule has 0 aromatic heterocycles. The molecular weight excluding hydrogens is 333 g/mol. The Labute approximate surface area is 153 Å². The summed E-state index contributed by atoms with van der Waals surface area (Å²) in [6.45, 7) is 2.25. The minimum Gasteiger partial charge on any atom is -0.204 e. The van der Waals surface area contributed by atoms with Crippen molar-refractivity contribution in [3.8, 4) is 11.8 Å². The summed E-state index contributed by atoms with van der Waals surface area (Å²) in [5, 5.41) is 0. The first-order chi connectivity index (χ1) is 12.6. The van der Waals surface area contributed by atoms with Crippen molar-refractivity contribution in [2.24, 2.45) is 5.92 Å². The van der Waals surface area contributed by atoms with Crippen LogP contribution in [0.15, 0.2) is 36.4 Å². The van der Waals surface area contributed by atoms with Gasteiger partial charge in [0, 0.05) is 11.1 Å². The van der Waals surface area contributed by atoms with E-state index in [1.165, 1.54) is 44.1 Å². The predicted octanol–water partition coefficient (Wildman–Crippen LogP) is 6.58. The van der Waals surface area contributed by atoms with Crippen LogP contribution in [0, 0.1) is 35.2 Å². The van der Waals surface area contributed by atoms with Crippen LogP contribution in [-0.4, -0.2) is 0 Å². The Balaban J connectivity index is 1.66. The molecule has 0 radical (unpaired) electrons. The molecule has 1 saturated carbocycles. The van der Waals surface area contributed by atoms with E-state index in [0.717, 1.165) is 23.6 Å². The second-order valence-corrected chi connectivity index (χ2v) is 7.13. The molecule has 1 fully saturated rings. The second kappa shape index (κ2) is 8.45. The van der Waals surface area contributed by atoms with Crippen molar-refractivity contribution < 1.29 is 13.2 Å². The van der Waals surface area contributed by atoms with E-state index in [9.17, 15) is 13.2 Å². The van der Waals surface area contributed by atoms with Crippen LogP contribution in [0.3, 0.4) is 0 Å². The zero-order valence-corrected chi connectivity index (χ0v) is 15.0. The summed E-state index contributed by atoms with van der Waals surface area (Å²) in [4.78, 5) is 0. The van der Waals surface area contributed by atoms with Gasteiger partial charge in [-0.1, -0.05) is 43.7 Å². The van der Waals surface area contributed by atoms with Crippen LogP contribution < -0.4 is 0 Å². The fraction of sp³-hybridized carbons (Fsp3) is 0.391. The fourth-order valence-electron chi connectivity index (χ4n) is 3.80. The largest absolute Gasteiger partial charge is 0.204 e. The number of benzene rings is 2. The molecule has 0 N–H and O–H groups in total. The first kappa shape index (κ1) is 18.6. The molecule has 1 aliphatic rings. The Kier molecular flexibility index (Phi) is 6.04. The Morgan fingerprint density at radius 2 is 1.42 bits per heavy atom. The Bertz CT molecular complexity index is 781. The summed E-state index contributed by atoms with van der Waals surface area (Å²) in [5.41, 5.74) is 2.24. The second-order valence-electron chi connectivity index (χ2n) is 7.13. The van der Waals surface area contributed by atoms with Crippen molar-refractivity contribution in [1.82, 2.24) is 0 Å². The van der Waals surface area contributed by atoms with Crippen molar-refractivity contribution in [2.75, 3.05) is 0 Å². The molecule has 0 bridgehead atoms. The lowest BCUT2D eigenvalue weighted by Gasteiger charge is -2.28. The Morgan fingerprint density at radius 3 is 2.00 bits per heavy atom. The van der Waals surface area contributed by atoms with Crippen molar-refractivity contribution in [1.29, 1.82) is 0 Å². The van der Waals surface area contributed by atoms with E-state index in [2.05, 4.69) is 30.9 Å². The molecule has 0 unspecified atom stereocenters. The molecule has 136 valence electrons. The van der Waals surface area contributed by atoms with E-state index < -0.39 is 17.5 Å². The molecule has 0 amide bonds. The summed E-state index contributed by atoms with van der Waals surface area (Å²) in [6, 6.07) is 9.90. The molecular formula is C23H23F3. The molecule has 0 atom stereocenters. The van der Waals surface area contributed by atoms with Gasteiger partial charge in [0.05, 0.1) is 0 Å². The maximum absolute atomic E-state index is 13.2. The quantitative estimate of drug-likeness (QED) is 0.430. The van der Waals surface area contributed by atoms with Gasteiger partial charge in [0.2, 0.25) is 0 Å². The highest BCUT2D eigenvalue weighted by molar-refractivity contribution is 5.44. The maximum atomic E-state index is 13.2. The van der Waals surface area contributed by atoms with Gasteiger partial charge in [-0.15, -0.1) is 0 Å². The van der Waals surface area contributed by atoms with E-state index in [-0.39, 0.29) is 5.56 Å². The fourth-order valence-corrected chi connectivity index (χ4v) is 3.80. The topological polar surface area (TPSA) is 0 Å². The van der Waals surface area contributed by atoms with Crippen LogP contribution in [0.5, 0.6) is 0 Å². The average molecular weight is 356 g/mol. The third-order valence-corrected chi connectivity index (χ3v) is 5.26. The van der Waals surface area contributed by atoms with Crippen molar-refractivity contribution >= 4 is 0 Å². The third kappa shape index (κ3) is 4.49. The zero-order chi connectivity index (χ0) is 18.5. The molecule has 3 heteroatoms. The van der Waals surface area contributed by atoms with Gasteiger partial charge in [0.1, 0.15) is 0 Å². The van der Waals surface area contributed by atoms with Crippen LogP contribution in [0.2, 0.25) is 0 Å². The molecule has 3 rings (SSSR count). The molecule has 0 saturated heterocycles. The molecule has 0 nitrogen and oxygen atoms in total. The van der Waals surface area contributed by atoms with Crippen LogP contribution in [0.1, 0.15) is 68.1 Å². The predicted molar refractivity (Wildman–Crippen MR) is 98.3 cm³/mol. The third-order valence-electron chi connectivity index (χ3n) is 5.26. The van der Waals surface area contributed by atoms with Crippen LogP contribution in [0.4, 0.5) is 13.2 Å². The van der Waals surface area contributed by atoms with Crippen LogP contribution in [-0.2, 0) is 0 Å². The van der Waals surface area contributed by atoms with Crippen molar-refractivity contribution in [2.45, 2.75) is 51.4 Å². The van der Waals surface area contributed by atoms with E-state index in [1.807, 2.05) is 12.1 Å². The average Bonchev–Trinajstić information content (AvgIpc) is 2.66. The smallest absolute Gasteiger partial charge is 0.194 e. The molecule has 0 aliphatic heterocycles. The molecule has 1 aliphatic carbocycles. The van der Waals surface area contributed by atoms with Gasteiger partial charge in [-0.2, -0.15) is 0 Å². The van der Waals surface area contributed by atoms with Gasteiger partial charge < -0.3 is 0 Å². The standard InChI is InChI=1S/C23H23F3/c1-2-3-16-6-10-19(11-7-16)20-12-8-17(9-13-20)4-5-18-14-21(24)23(26)22(25)15-18/h8-9,12-16,19H,2-3,6-7,10-11H2,1H3. The first-order valence-electron chi connectivity index (χ1n) is 9.33. The number of halogens is 3. The number of hydrogen-bond donors (Lipinski definition) is 0. The van der Waals surface area contributed by atoms with Gasteiger partial charge in [-0.05, 0) is 67.3 Å². The normalized spacial score (nSPS) is 19.7. The van der Waals surface area contributed by atoms with Crippen molar-refractivity contribution in [3.05, 3.63) is 70.5 Å². The molecule has 2 aromatic carbocycles. The minimum absolute atomic E-state index is 0.125. The van der Waals surface area contributed by atoms with Crippen LogP contribution in [0.25, 0.3) is 0 Å². The maximum Gasteiger partial charge on any atom is 0.194 e. The highest BCUT2D eigenvalue weighted by Gasteiger charge is 2.21. The highest BCUT2D eigenvalue weighted by Crippen LogP contribution is 2.37. The van der Waals surface area contributed by atoms with Gasteiger partial charge in [-0.25, -0.2) is 13.2 Å². The highest BCUT2D eigenvalue weighted by atomic mass is 19.2. The Hall–Kier alpha value is -2.21. The van der Waals surface area contributed by atoms with Crippen LogP contribution >= 0.6 is 0 Å². The molecule has 26 heavy (non-hydrogen) atoms. The lowest BCUT2D eigenvalue weighted by Crippen LogP contribution is -2.13. The van der Waals surface area contributed by atoms with E-state index in [4.69, 9.17) is 0 Å².